The number of rotatable bonds is 8. The van der Waals surface area contributed by atoms with Crippen LogP contribution < -0.4 is 15.8 Å². The molecule has 0 aliphatic rings. The Morgan fingerprint density at radius 1 is 1.38 bits per heavy atom. The number of ether oxygens (including phenoxy) is 1. The number of nitrogens with two attached hydrogens (primary N) is 1. The van der Waals surface area contributed by atoms with E-state index < -0.39 is 0 Å². The lowest BCUT2D eigenvalue weighted by Gasteiger charge is -2.20. The summed E-state index contributed by atoms with van der Waals surface area (Å²) < 4.78 is 5.19. The second-order valence-electron chi connectivity index (χ2n) is 5.47. The van der Waals surface area contributed by atoms with Gasteiger partial charge in [-0.2, -0.15) is 0 Å². The van der Waals surface area contributed by atoms with E-state index in [-0.39, 0.29) is 5.91 Å². The lowest BCUT2D eigenvalue weighted by Crippen LogP contribution is -2.29. The number of hydrogen-bond donors (Lipinski definition) is 2. The van der Waals surface area contributed by atoms with Crippen LogP contribution in [0, 0.1) is 0 Å². The molecule has 5 nitrogen and oxygen atoms in total. The molecule has 1 rings (SSSR count). The molecule has 0 radical (unpaired) electrons. The monoisotopic (exact) mass is 293 g/mol. The van der Waals surface area contributed by atoms with Crippen molar-refractivity contribution in [2.75, 3.05) is 33.0 Å². The summed E-state index contributed by atoms with van der Waals surface area (Å²) >= 11 is 0. The molecule has 3 N–H and O–H groups in total. The molecule has 1 aromatic carbocycles. The summed E-state index contributed by atoms with van der Waals surface area (Å²) in [7, 11) is 3.63. The second-order valence-corrected chi connectivity index (χ2v) is 5.47. The van der Waals surface area contributed by atoms with Gasteiger partial charge in [-0.05, 0) is 52.4 Å². The molecular weight excluding hydrogens is 266 g/mol. The van der Waals surface area contributed by atoms with E-state index in [4.69, 9.17) is 10.5 Å². The second kappa shape index (κ2) is 8.52. The summed E-state index contributed by atoms with van der Waals surface area (Å²) in [4.78, 5) is 14.4. The Morgan fingerprint density at radius 3 is 2.71 bits per heavy atom. The maximum absolute atomic E-state index is 12.1. The number of nitrogens with zero attached hydrogens (tertiary/aromatic N) is 1. The highest BCUT2D eigenvalue weighted by molar-refractivity contribution is 5.98. The van der Waals surface area contributed by atoms with Crippen LogP contribution in [-0.4, -0.2) is 44.1 Å². The first kappa shape index (κ1) is 17.3. The van der Waals surface area contributed by atoms with Crippen LogP contribution >= 0.6 is 0 Å². The number of carbonyl (C=O) groups is 1. The van der Waals surface area contributed by atoms with Gasteiger partial charge in [0, 0.05) is 12.6 Å². The van der Waals surface area contributed by atoms with Gasteiger partial charge in [-0.15, -0.1) is 0 Å². The van der Waals surface area contributed by atoms with E-state index in [2.05, 4.69) is 31.1 Å². The highest BCUT2D eigenvalue weighted by Crippen LogP contribution is 2.25. The highest BCUT2D eigenvalue weighted by atomic mass is 16.5. The first-order valence-electron chi connectivity index (χ1n) is 7.38. The molecule has 0 atom stereocenters. The number of nitrogen functional groups attached to an aromatic ring is 1. The van der Waals surface area contributed by atoms with Gasteiger partial charge in [0.1, 0.15) is 0 Å². The highest BCUT2D eigenvalue weighted by Gasteiger charge is 2.13. The summed E-state index contributed by atoms with van der Waals surface area (Å²) in [5.41, 5.74) is 6.76. The largest absolute Gasteiger partial charge is 0.494 e. The molecule has 5 heteroatoms. The maximum Gasteiger partial charge on any atom is 0.255 e. The average molecular weight is 293 g/mol. The molecule has 0 spiro atoms. The molecule has 0 saturated carbocycles. The van der Waals surface area contributed by atoms with Crippen molar-refractivity contribution < 1.29 is 9.53 Å². The van der Waals surface area contributed by atoms with Crippen LogP contribution in [0.5, 0.6) is 5.75 Å². The number of para-hydroxylation sites is 1. The van der Waals surface area contributed by atoms with E-state index in [1.807, 2.05) is 0 Å². The van der Waals surface area contributed by atoms with Crippen LogP contribution in [0.4, 0.5) is 5.69 Å². The lowest BCUT2D eigenvalue weighted by atomic mass is 10.1. The van der Waals surface area contributed by atoms with Crippen LogP contribution in [0.2, 0.25) is 0 Å². The number of carbonyl (C=O) groups excluding carboxylic acids is 1. The zero-order chi connectivity index (χ0) is 15.8. The topological polar surface area (TPSA) is 67.6 Å². The van der Waals surface area contributed by atoms with E-state index in [1.54, 1.807) is 18.2 Å². The van der Waals surface area contributed by atoms with Gasteiger partial charge in [-0.25, -0.2) is 0 Å². The van der Waals surface area contributed by atoms with Crippen molar-refractivity contribution in [2.24, 2.45) is 0 Å². The van der Waals surface area contributed by atoms with Crippen LogP contribution in [0.1, 0.15) is 37.0 Å². The molecule has 1 aromatic rings. The van der Waals surface area contributed by atoms with Crippen LogP contribution in [0.15, 0.2) is 18.2 Å². The number of nitrogens with one attached hydrogen (secondary N) is 1. The lowest BCUT2D eigenvalue weighted by molar-refractivity contribution is 0.0949. The quantitative estimate of drug-likeness (QED) is 0.569. The van der Waals surface area contributed by atoms with Gasteiger partial charge in [-0.3, -0.25) is 4.79 Å². The smallest absolute Gasteiger partial charge is 0.255 e. The predicted octanol–water partition coefficient (Wildman–Crippen LogP) is 2.13. The molecule has 0 heterocycles. The molecule has 21 heavy (non-hydrogen) atoms. The van der Waals surface area contributed by atoms with Crippen molar-refractivity contribution >= 4 is 11.6 Å². The zero-order valence-electron chi connectivity index (χ0n) is 13.5. The summed E-state index contributed by atoms with van der Waals surface area (Å²) in [6.45, 7) is 6.04. The first-order valence-corrected chi connectivity index (χ1v) is 7.38. The number of unbranched alkanes of at least 4 members (excludes halogenated alkanes) is 1. The minimum absolute atomic E-state index is 0.142. The first-order chi connectivity index (χ1) is 9.97. The summed E-state index contributed by atoms with van der Waals surface area (Å²) in [5.74, 6) is 0.297. The van der Waals surface area contributed by atoms with Gasteiger partial charge in [0.05, 0.1) is 18.4 Å². The Labute approximate surface area is 127 Å². The van der Waals surface area contributed by atoms with Crippen LogP contribution in [0.25, 0.3) is 0 Å². The molecule has 0 unspecified atom stereocenters. The molecule has 0 bridgehead atoms. The Balaban J connectivity index is 2.40. The van der Waals surface area contributed by atoms with E-state index >= 15 is 0 Å². The summed E-state index contributed by atoms with van der Waals surface area (Å²) in [6, 6.07) is 5.75. The van der Waals surface area contributed by atoms with Gasteiger partial charge in [0.25, 0.3) is 5.91 Å². The number of amides is 1. The number of anilines is 1. The standard InChI is InChI=1S/C16H27N3O2/c1-12(2)19(3)11-6-5-10-18-16(20)13-8-7-9-14(17)15(13)21-4/h7-9,12H,5-6,10-11,17H2,1-4H3,(H,18,20). The van der Waals surface area contributed by atoms with E-state index in [9.17, 15) is 4.79 Å². The van der Waals surface area contributed by atoms with Gasteiger partial charge in [-0.1, -0.05) is 6.07 Å². The number of hydrogen-bond acceptors (Lipinski definition) is 4. The molecule has 0 aromatic heterocycles. The Bertz CT molecular complexity index is 461. The van der Waals surface area contributed by atoms with Crippen molar-refractivity contribution in [3.05, 3.63) is 23.8 Å². The number of methoxy groups -OCH3 is 1. The third kappa shape index (κ3) is 5.27. The molecule has 1 amide bonds. The van der Waals surface area contributed by atoms with Gasteiger partial charge in [0.15, 0.2) is 5.75 Å². The SMILES string of the molecule is COc1c(N)cccc1C(=O)NCCCCN(C)C(C)C. The van der Waals surface area contributed by atoms with Crippen molar-refractivity contribution in [3.63, 3.8) is 0 Å². The normalized spacial score (nSPS) is 11.0. The predicted molar refractivity (Wildman–Crippen MR) is 86.7 cm³/mol. The molecular formula is C16H27N3O2. The van der Waals surface area contributed by atoms with Crippen LogP contribution in [0.3, 0.4) is 0 Å². The minimum atomic E-state index is -0.142. The average Bonchev–Trinajstić information content (AvgIpc) is 2.45. The van der Waals surface area contributed by atoms with Crippen LogP contribution in [-0.2, 0) is 0 Å². The summed E-state index contributed by atoms with van der Waals surface area (Å²) in [5, 5.41) is 2.91. The third-order valence-corrected chi connectivity index (χ3v) is 3.60. The van der Waals surface area contributed by atoms with Gasteiger partial charge in [0.2, 0.25) is 0 Å². The van der Waals surface area contributed by atoms with E-state index in [1.165, 1.54) is 7.11 Å². The van der Waals surface area contributed by atoms with Gasteiger partial charge < -0.3 is 20.7 Å². The Morgan fingerprint density at radius 2 is 2.10 bits per heavy atom. The minimum Gasteiger partial charge on any atom is -0.494 e. The van der Waals surface area contributed by atoms with E-state index in [0.29, 0.717) is 29.6 Å². The zero-order valence-corrected chi connectivity index (χ0v) is 13.5. The molecule has 0 fully saturated rings. The maximum atomic E-state index is 12.1. The molecule has 118 valence electrons. The van der Waals surface area contributed by atoms with Crippen molar-refractivity contribution in [1.82, 2.24) is 10.2 Å². The van der Waals surface area contributed by atoms with Crippen molar-refractivity contribution in [3.8, 4) is 5.75 Å². The fraction of sp³-hybridized carbons (Fsp3) is 0.562. The van der Waals surface area contributed by atoms with Gasteiger partial charge >= 0.3 is 0 Å². The third-order valence-electron chi connectivity index (χ3n) is 3.60. The van der Waals surface area contributed by atoms with Crippen molar-refractivity contribution in [2.45, 2.75) is 32.7 Å². The Kier molecular flexibility index (Phi) is 7.02. The number of benzene rings is 1. The van der Waals surface area contributed by atoms with E-state index in [0.717, 1.165) is 19.4 Å². The summed E-state index contributed by atoms with van der Waals surface area (Å²) in [6.07, 6.45) is 2.01. The fourth-order valence-electron chi connectivity index (χ4n) is 2.00. The molecule has 0 saturated heterocycles. The fourth-order valence-corrected chi connectivity index (χ4v) is 2.00. The Hall–Kier alpha value is -1.75. The molecule has 0 aliphatic carbocycles. The molecule has 0 aliphatic heterocycles. The van der Waals surface area contributed by atoms with Crippen molar-refractivity contribution in [1.29, 1.82) is 0 Å².